The number of ether oxygens (including phenoxy) is 2. The second-order valence-corrected chi connectivity index (χ2v) is 6.78. The first-order chi connectivity index (χ1) is 9.52. The van der Waals surface area contributed by atoms with Gasteiger partial charge < -0.3 is 9.47 Å². The van der Waals surface area contributed by atoms with E-state index >= 15 is 0 Å². The van der Waals surface area contributed by atoms with Gasteiger partial charge in [-0.1, -0.05) is 0 Å². The van der Waals surface area contributed by atoms with Crippen molar-refractivity contribution in [3.05, 3.63) is 0 Å². The van der Waals surface area contributed by atoms with Crippen molar-refractivity contribution in [3.8, 4) is 0 Å². The molecule has 0 aromatic rings. The molecule has 0 saturated carbocycles. The summed E-state index contributed by atoms with van der Waals surface area (Å²) in [6.45, 7) is 9.82. The third kappa shape index (κ3) is 5.93. The fourth-order valence-corrected chi connectivity index (χ4v) is 1.85. The van der Waals surface area contributed by atoms with Crippen LogP contribution in [-0.2, 0) is 23.9 Å². The second kappa shape index (κ2) is 6.66. The average molecular weight is 299 g/mol. The van der Waals surface area contributed by atoms with Gasteiger partial charge in [0.05, 0.1) is 11.2 Å². The lowest BCUT2D eigenvalue weighted by Crippen LogP contribution is -2.40. The van der Waals surface area contributed by atoms with Crippen LogP contribution < -0.4 is 0 Å². The van der Waals surface area contributed by atoms with Crippen LogP contribution in [0.1, 0.15) is 53.9 Å². The molecule has 21 heavy (non-hydrogen) atoms. The van der Waals surface area contributed by atoms with E-state index < -0.39 is 23.3 Å². The van der Waals surface area contributed by atoms with Gasteiger partial charge >= 0.3 is 0 Å². The molecule has 0 bridgehead atoms. The minimum atomic E-state index is -0.590. The molecule has 0 radical (unpaired) electrons. The third-order valence-electron chi connectivity index (χ3n) is 3.13. The van der Waals surface area contributed by atoms with Gasteiger partial charge in [0.15, 0.2) is 0 Å². The first kappa shape index (κ1) is 17.8. The zero-order valence-electron chi connectivity index (χ0n) is 13.5. The van der Waals surface area contributed by atoms with E-state index in [2.05, 4.69) is 0 Å². The number of nitrogens with zero attached hydrogens (tertiary/aromatic N) is 1. The number of amides is 3. The van der Waals surface area contributed by atoms with Gasteiger partial charge in [0, 0.05) is 19.4 Å². The molecule has 0 aliphatic carbocycles. The predicted octanol–water partition coefficient (Wildman–Crippen LogP) is 1.66. The van der Waals surface area contributed by atoms with Crippen LogP contribution in [0.2, 0.25) is 0 Å². The van der Waals surface area contributed by atoms with Crippen LogP contribution in [0.3, 0.4) is 0 Å². The smallest absolute Gasteiger partial charge is 0.262 e. The molecule has 120 valence electrons. The monoisotopic (exact) mass is 299 g/mol. The molecule has 1 aliphatic heterocycles. The lowest BCUT2D eigenvalue weighted by atomic mass is 10.1. The van der Waals surface area contributed by atoms with E-state index in [1.807, 2.05) is 34.6 Å². The Bertz CT molecular complexity index is 406. The van der Waals surface area contributed by atoms with E-state index in [1.165, 1.54) is 0 Å². The minimum absolute atomic E-state index is 0.105. The maximum atomic E-state index is 11.9. The van der Waals surface area contributed by atoms with Crippen LogP contribution in [0.25, 0.3) is 0 Å². The number of hydrogen-bond acceptors (Lipinski definition) is 5. The quantitative estimate of drug-likeness (QED) is 0.697. The number of likely N-dealkylation sites (tertiary alicyclic amines) is 1. The van der Waals surface area contributed by atoms with Crippen LogP contribution >= 0.6 is 0 Å². The first-order valence-electron chi connectivity index (χ1n) is 7.18. The summed E-state index contributed by atoms with van der Waals surface area (Å²) in [6.07, 6.45) is 0.820. The fourth-order valence-electron chi connectivity index (χ4n) is 1.85. The van der Waals surface area contributed by atoms with E-state index in [0.717, 1.165) is 0 Å². The molecule has 0 unspecified atom stereocenters. The van der Waals surface area contributed by atoms with Crippen LogP contribution in [0, 0.1) is 0 Å². The highest BCUT2D eigenvalue weighted by Crippen LogP contribution is 2.18. The number of carbonyl (C=O) groups is 3. The maximum absolute atomic E-state index is 11.9. The molecule has 1 fully saturated rings. The lowest BCUT2D eigenvalue weighted by Gasteiger charge is -2.28. The molecule has 1 saturated heterocycles. The van der Waals surface area contributed by atoms with Crippen molar-refractivity contribution in [1.82, 2.24) is 4.90 Å². The highest BCUT2D eigenvalue weighted by molar-refractivity contribution is 6.15. The molecule has 1 heterocycles. The van der Waals surface area contributed by atoms with Gasteiger partial charge in [-0.2, -0.15) is 0 Å². The highest BCUT2D eigenvalue weighted by atomic mass is 16.5. The average Bonchev–Trinajstić information content (AvgIpc) is 2.64. The second-order valence-electron chi connectivity index (χ2n) is 6.78. The Morgan fingerprint density at radius 3 is 2.05 bits per heavy atom. The van der Waals surface area contributed by atoms with Gasteiger partial charge in [-0.25, -0.2) is 4.90 Å². The van der Waals surface area contributed by atoms with Gasteiger partial charge in [0.2, 0.25) is 11.8 Å². The molecule has 0 spiro atoms. The zero-order chi connectivity index (χ0) is 16.3. The molecule has 0 aromatic carbocycles. The van der Waals surface area contributed by atoms with E-state index in [-0.39, 0.29) is 25.0 Å². The highest BCUT2D eigenvalue weighted by Gasteiger charge is 2.35. The molecule has 0 atom stereocenters. The van der Waals surface area contributed by atoms with Gasteiger partial charge in [0.1, 0.15) is 6.61 Å². The van der Waals surface area contributed by atoms with Crippen LogP contribution in [0.15, 0.2) is 0 Å². The van der Waals surface area contributed by atoms with E-state index in [4.69, 9.17) is 9.47 Å². The normalized spacial score (nSPS) is 16.7. The molecular formula is C15H25NO5. The van der Waals surface area contributed by atoms with E-state index in [0.29, 0.717) is 17.9 Å². The Morgan fingerprint density at radius 2 is 1.57 bits per heavy atom. The summed E-state index contributed by atoms with van der Waals surface area (Å²) in [7, 11) is 0. The molecular weight excluding hydrogens is 274 g/mol. The number of rotatable bonds is 6. The summed E-state index contributed by atoms with van der Waals surface area (Å²) < 4.78 is 11.2. The van der Waals surface area contributed by atoms with Crippen molar-refractivity contribution >= 4 is 17.7 Å². The molecule has 1 aliphatic rings. The molecule has 6 heteroatoms. The summed E-state index contributed by atoms with van der Waals surface area (Å²) in [5, 5.41) is 0. The SMILES string of the molecule is CC(C)(C)OCCC(C)(C)OCC(=O)N1C(=O)CCC1=O. The molecule has 6 nitrogen and oxygen atoms in total. The summed E-state index contributed by atoms with van der Waals surface area (Å²) in [5.41, 5.74) is -0.785. The lowest BCUT2D eigenvalue weighted by molar-refractivity contribution is -0.155. The Hall–Kier alpha value is -1.27. The van der Waals surface area contributed by atoms with Crippen molar-refractivity contribution in [2.45, 2.75) is 65.1 Å². The molecule has 0 N–H and O–H groups in total. The summed E-state index contributed by atoms with van der Waals surface area (Å²) in [5.74, 6) is -1.47. The summed E-state index contributed by atoms with van der Waals surface area (Å²) in [4.78, 5) is 35.5. The van der Waals surface area contributed by atoms with Crippen molar-refractivity contribution in [2.24, 2.45) is 0 Å². The first-order valence-corrected chi connectivity index (χ1v) is 7.18. The van der Waals surface area contributed by atoms with Crippen molar-refractivity contribution in [3.63, 3.8) is 0 Å². The number of imide groups is 3. The topological polar surface area (TPSA) is 72.9 Å². The third-order valence-corrected chi connectivity index (χ3v) is 3.13. The van der Waals surface area contributed by atoms with E-state index in [9.17, 15) is 14.4 Å². The Morgan fingerprint density at radius 1 is 1.05 bits per heavy atom. The van der Waals surface area contributed by atoms with Crippen molar-refractivity contribution < 1.29 is 23.9 Å². The number of hydrogen-bond donors (Lipinski definition) is 0. The zero-order valence-corrected chi connectivity index (χ0v) is 13.5. The largest absolute Gasteiger partial charge is 0.376 e. The summed E-state index contributed by atoms with van der Waals surface area (Å²) in [6, 6.07) is 0. The van der Waals surface area contributed by atoms with Crippen LogP contribution in [-0.4, -0.2) is 47.0 Å². The minimum Gasteiger partial charge on any atom is -0.376 e. The van der Waals surface area contributed by atoms with Gasteiger partial charge in [-0.15, -0.1) is 0 Å². The van der Waals surface area contributed by atoms with E-state index in [1.54, 1.807) is 0 Å². The van der Waals surface area contributed by atoms with Crippen LogP contribution in [0.4, 0.5) is 0 Å². The Balaban J connectivity index is 2.40. The van der Waals surface area contributed by atoms with Gasteiger partial charge in [-0.3, -0.25) is 14.4 Å². The summed E-state index contributed by atoms with van der Waals surface area (Å²) >= 11 is 0. The van der Waals surface area contributed by atoms with Crippen molar-refractivity contribution in [2.75, 3.05) is 13.2 Å². The molecule has 0 aromatic heterocycles. The Kier molecular flexibility index (Phi) is 5.64. The maximum Gasteiger partial charge on any atom is 0.262 e. The standard InChI is InChI=1S/C15H25NO5/c1-14(2,3)20-9-8-15(4,5)21-10-13(19)16-11(17)6-7-12(16)18/h6-10H2,1-5H3. The predicted molar refractivity (Wildman–Crippen MR) is 76.4 cm³/mol. The molecule has 1 rings (SSSR count). The fraction of sp³-hybridized carbons (Fsp3) is 0.800. The Labute approximate surface area is 125 Å². The number of carbonyl (C=O) groups excluding carboxylic acids is 3. The van der Waals surface area contributed by atoms with Crippen molar-refractivity contribution in [1.29, 1.82) is 0 Å². The van der Waals surface area contributed by atoms with Gasteiger partial charge in [0.25, 0.3) is 5.91 Å². The van der Waals surface area contributed by atoms with Crippen LogP contribution in [0.5, 0.6) is 0 Å². The molecule has 3 amide bonds. The van der Waals surface area contributed by atoms with Gasteiger partial charge in [-0.05, 0) is 41.0 Å².